The van der Waals surface area contributed by atoms with Gasteiger partial charge in [0.15, 0.2) is 9.84 Å². The first-order valence-corrected chi connectivity index (χ1v) is 5.09. The van der Waals surface area contributed by atoms with E-state index in [1.807, 2.05) is 0 Å². The molecule has 4 nitrogen and oxygen atoms in total. The van der Waals surface area contributed by atoms with E-state index >= 15 is 0 Å². The van der Waals surface area contributed by atoms with Crippen LogP contribution in [0.2, 0.25) is 0 Å². The zero-order valence-electron chi connectivity index (χ0n) is 6.00. The average Bonchev–Trinajstić information content (AvgIpc) is 1.86. The molecule has 0 radical (unpaired) electrons. The van der Waals surface area contributed by atoms with E-state index in [4.69, 9.17) is 0 Å². The highest BCUT2D eigenvalue weighted by atomic mass is 32.2. The molecule has 1 aliphatic rings. The molecule has 0 aromatic heterocycles. The van der Waals surface area contributed by atoms with Crippen LogP contribution >= 0.6 is 0 Å². The third-order valence-corrected chi connectivity index (χ3v) is 3.17. The largest absolute Gasteiger partial charge is 0.257 e. The summed E-state index contributed by atoms with van der Waals surface area (Å²) in [5.41, 5.74) is 2.81. The fourth-order valence-corrected chi connectivity index (χ4v) is 2.45. The quantitative estimate of drug-likeness (QED) is 0.551. The summed E-state index contributed by atoms with van der Waals surface area (Å²) in [6.45, 7) is 0.829. The lowest BCUT2D eigenvalue weighted by Crippen LogP contribution is -2.44. The third kappa shape index (κ3) is 1.93. The molecule has 0 amide bonds. The van der Waals surface area contributed by atoms with Crippen molar-refractivity contribution in [3.05, 3.63) is 0 Å². The van der Waals surface area contributed by atoms with E-state index in [0.29, 0.717) is 5.75 Å². The standard InChI is InChI=1S/C5H12N2O2S/c1-6-7-3-2-4-10(8,9)5-7/h6H,2-5H2,1H3. The fourth-order valence-electron chi connectivity index (χ4n) is 1.02. The van der Waals surface area contributed by atoms with Gasteiger partial charge in [-0.1, -0.05) is 0 Å². The molecule has 1 aliphatic heterocycles. The predicted octanol–water partition coefficient (Wildman–Crippen LogP) is -0.801. The van der Waals surface area contributed by atoms with Crippen molar-refractivity contribution in [3.63, 3.8) is 0 Å². The van der Waals surface area contributed by atoms with Crippen LogP contribution in [0.1, 0.15) is 6.42 Å². The van der Waals surface area contributed by atoms with Crippen LogP contribution in [0.4, 0.5) is 0 Å². The zero-order valence-corrected chi connectivity index (χ0v) is 6.82. The SMILES string of the molecule is CNN1CCCS(=O)(=O)C1. The number of hydrogen-bond acceptors (Lipinski definition) is 4. The van der Waals surface area contributed by atoms with Crippen LogP contribution in [0.5, 0.6) is 0 Å². The predicted molar refractivity (Wildman–Crippen MR) is 39.0 cm³/mol. The molecule has 60 valence electrons. The lowest BCUT2D eigenvalue weighted by atomic mass is 10.5. The van der Waals surface area contributed by atoms with Gasteiger partial charge in [-0.15, -0.1) is 0 Å². The van der Waals surface area contributed by atoms with Crippen LogP contribution in [0.15, 0.2) is 0 Å². The van der Waals surface area contributed by atoms with Gasteiger partial charge < -0.3 is 0 Å². The summed E-state index contributed by atoms with van der Waals surface area (Å²) in [5.74, 6) is 0.495. The van der Waals surface area contributed by atoms with Crippen molar-refractivity contribution in [1.82, 2.24) is 10.4 Å². The molecule has 1 N–H and O–H groups in total. The number of sulfone groups is 1. The second-order valence-electron chi connectivity index (χ2n) is 2.42. The van der Waals surface area contributed by atoms with Gasteiger partial charge in [0.1, 0.15) is 5.88 Å². The van der Waals surface area contributed by atoms with Gasteiger partial charge in [-0.3, -0.25) is 5.43 Å². The number of rotatable bonds is 1. The second-order valence-corrected chi connectivity index (χ2v) is 4.57. The topological polar surface area (TPSA) is 49.4 Å². The monoisotopic (exact) mass is 164 g/mol. The Morgan fingerprint density at radius 2 is 2.20 bits per heavy atom. The number of hydrogen-bond donors (Lipinski definition) is 1. The van der Waals surface area contributed by atoms with Crippen molar-refractivity contribution in [2.45, 2.75) is 6.42 Å². The summed E-state index contributed by atoms with van der Waals surface area (Å²) >= 11 is 0. The lowest BCUT2D eigenvalue weighted by Gasteiger charge is -2.24. The summed E-state index contributed by atoms with van der Waals surface area (Å²) < 4.78 is 21.9. The molecule has 1 saturated heterocycles. The Labute approximate surface area is 61.1 Å². The molecule has 0 aliphatic carbocycles. The molecule has 1 heterocycles. The van der Waals surface area contributed by atoms with Crippen LogP contribution in [0.25, 0.3) is 0 Å². The molecule has 1 fully saturated rings. The summed E-state index contributed by atoms with van der Waals surface area (Å²) in [7, 11) is -1.04. The summed E-state index contributed by atoms with van der Waals surface area (Å²) in [6.07, 6.45) is 0.739. The molecule has 1 rings (SSSR count). The first kappa shape index (κ1) is 7.97. The molecule has 0 atom stereocenters. The molecule has 0 aromatic rings. The van der Waals surface area contributed by atoms with Gasteiger partial charge in [-0.25, -0.2) is 13.4 Å². The van der Waals surface area contributed by atoms with Crippen LogP contribution in [-0.2, 0) is 9.84 Å². The van der Waals surface area contributed by atoms with Gasteiger partial charge in [-0.05, 0) is 13.5 Å². The first-order chi connectivity index (χ1) is 4.64. The Morgan fingerprint density at radius 1 is 1.50 bits per heavy atom. The third-order valence-electron chi connectivity index (χ3n) is 1.55. The van der Waals surface area contributed by atoms with E-state index in [1.54, 1.807) is 12.1 Å². The minimum absolute atomic E-state index is 0.156. The maximum absolute atomic E-state index is 10.9. The van der Waals surface area contributed by atoms with Gasteiger partial charge in [0, 0.05) is 6.54 Å². The molecule has 0 spiro atoms. The second kappa shape index (κ2) is 2.86. The highest BCUT2D eigenvalue weighted by Crippen LogP contribution is 2.04. The maximum atomic E-state index is 10.9. The van der Waals surface area contributed by atoms with Gasteiger partial charge in [0.2, 0.25) is 0 Å². The van der Waals surface area contributed by atoms with E-state index in [-0.39, 0.29) is 5.88 Å². The maximum Gasteiger partial charge on any atom is 0.164 e. The highest BCUT2D eigenvalue weighted by Gasteiger charge is 2.20. The normalized spacial score (nSPS) is 26.5. The van der Waals surface area contributed by atoms with E-state index in [9.17, 15) is 8.42 Å². The molecule has 0 aromatic carbocycles. The van der Waals surface area contributed by atoms with Crippen molar-refractivity contribution in [1.29, 1.82) is 0 Å². The van der Waals surface area contributed by atoms with Crippen molar-refractivity contribution < 1.29 is 8.42 Å². The minimum atomic E-state index is -2.78. The van der Waals surface area contributed by atoms with Crippen molar-refractivity contribution in [3.8, 4) is 0 Å². The Hall–Kier alpha value is -0.130. The van der Waals surface area contributed by atoms with Crippen molar-refractivity contribution in [2.24, 2.45) is 0 Å². The molecular weight excluding hydrogens is 152 g/mol. The molecule has 0 bridgehead atoms. The van der Waals surface area contributed by atoms with E-state index < -0.39 is 9.84 Å². The van der Waals surface area contributed by atoms with Crippen LogP contribution in [0, 0.1) is 0 Å². The minimum Gasteiger partial charge on any atom is -0.257 e. The average molecular weight is 164 g/mol. The zero-order chi connectivity index (χ0) is 7.61. The Balaban J connectivity index is 2.56. The van der Waals surface area contributed by atoms with Crippen LogP contribution in [0.3, 0.4) is 0 Å². The van der Waals surface area contributed by atoms with Gasteiger partial charge in [0.25, 0.3) is 0 Å². The molecular formula is C5H12N2O2S. The summed E-state index contributed by atoms with van der Waals surface area (Å²) in [4.78, 5) is 0. The Kier molecular flexibility index (Phi) is 2.28. The fraction of sp³-hybridized carbons (Fsp3) is 1.00. The van der Waals surface area contributed by atoms with Crippen LogP contribution < -0.4 is 5.43 Å². The summed E-state index contributed by atoms with van der Waals surface area (Å²) in [5, 5.41) is 1.71. The van der Waals surface area contributed by atoms with E-state index in [0.717, 1.165) is 13.0 Å². The number of nitrogens with one attached hydrogen (secondary N) is 1. The van der Waals surface area contributed by atoms with Gasteiger partial charge >= 0.3 is 0 Å². The first-order valence-electron chi connectivity index (χ1n) is 3.27. The highest BCUT2D eigenvalue weighted by molar-refractivity contribution is 7.91. The summed E-state index contributed by atoms with van der Waals surface area (Å²) in [6, 6.07) is 0. The molecule has 0 saturated carbocycles. The van der Waals surface area contributed by atoms with Gasteiger partial charge in [0.05, 0.1) is 5.75 Å². The Bertz CT molecular complexity index is 200. The van der Waals surface area contributed by atoms with Crippen LogP contribution in [-0.4, -0.2) is 38.6 Å². The van der Waals surface area contributed by atoms with Crippen molar-refractivity contribution in [2.75, 3.05) is 25.2 Å². The number of nitrogens with zero attached hydrogens (tertiary/aromatic N) is 1. The van der Waals surface area contributed by atoms with E-state index in [2.05, 4.69) is 5.43 Å². The smallest absolute Gasteiger partial charge is 0.164 e. The van der Waals surface area contributed by atoms with Gasteiger partial charge in [-0.2, -0.15) is 0 Å². The Morgan fingerprint density at radius 3 is 2.60 bits per heavy atom. The molecule has 5 heteroatoms. The number of hydrazine groups is 1. The van der Waals surface area contributed by atoms with E-state index in [1.165, 1.54) is 0 Å². The van der Waals surface area contributed by atoms with Crippen molar-refractivity contribution >= 4 is 9.84 Å². The lowest BCUT2D eigenvalue weighted by molar-refractivity contribution is 0.234. The molecule has 0 unspecified atom stereocenters. The molecule has 10 heavy (non-hydrogen) atoms.